The molecule has 0 aromatic heterocycles. The molecule has 1 aliphatic carbocycles. The summed E-state index contributed by atoms with van der Waals surface area (Å²) < 4.78 is 5.61. The fourth-order valence-electron chi connectivity index (χ4n) is 5.06. The van der Waals surface area contributed by atoms with Crippen LogP contribution in [0.4, 0.5) is 4.79 Å². The van der Waals surface area contributed by atoms with Gasteiger partial charge in [0, 0.05) is 18.9 Å². The summed E-state index contributed by atoms with van der Waals surface area (Å²) >= 11 is 0. The second-order valence-corrected chi connectivity index (χ2v) is 9.51. The number of carbonyl (C=O) groups excluding carboxylic acids is 2. The minimum Gasteiger partial charge on any atom is -0.480 e. The molecule has 35 heavy (non-hydrogen) atoms. The molecule has 4 unspecified atom stereocenters. The molecule has 1 heterocycles. The van der Waals surface area contributed by atoms with E-state index >= 15 is 0 Å². The van der Waals surface area contributed by atoms with E-state index in [-0.39, 0.29) is 31.4 Å². The molecule has 3 N–H and O–H groups in total. The zero-order valence-electron chi connectivity index (χ0n) is 20.0. The van der Waals surface area contributed by atoms with Gasteiger partial charge in [0.25, 0.3) is 0 Å². The molecule has 1 aliphatic heterocycles. The van der Waals surface area contributed by atoms with Gasteiger partial charge in [-0.15, -0.1) is 0 Å². The monoisotopic (exact) mass is 480 g/mol. The van der Waals surface area contributed by atoms with Gasteiger partial charge in [-0.1, -0.05) is 68.8 Å². The number of β-amino-alcohol motifs (C(OH)–C–C–N with tert-alkyl or cyclic N) is 1. The summed E-state index contributed by atoms with van der Waals surface area (Å²) in [5.41, 5.74) is 4.41. The Hall–Kier alpha value is -3.39. The van der Waals surface area contributed by atoms with Crippen molar-refractivity contribution in [2.45, 2.75) is 57.2 Å². The summed E-state index contributed by atoms with van der Waals surface area (Å²) in [7, 11) is 0. The van der Waals surface area contributed by atoms with Crippen LogP contribution in [-0.4, -0.2) is 64.4 Å². The lowest BCUT2D eigenvalue weighted by molar-refractivity contribution is -0.149. The number of benzene rings is 2. The Bertz CT molecular complexity index is 1060. The number of hydrogen-bond donors (Lipinski definition) is 3. The average molecular weight is 481 g/mol. The van der Waals surface area contributed by atoms with Crippen LogP contribution >= 0.6 is 0 Å². The van der Waals surface area contributed by atoms with E-state index in [4.69, 9.17) is 4.74 Å². The van der Waals surface area contributed by atoms with Crippen molar-refractivity contribution in [3.05, 3.63) is 59.7 Å². The first-order chi connectivity index (χ1) is 16.8. The lowest BCUT2D eigenvalue weighted by Crippen LogP contribution is -2.52. The molecule has 8 nitrogen and oxygen atoms in total. The Labute approximate surface area is 204 Å². The number of carboxylic acids is 1. The van der Waals surface area contributed by atoms with Gasteiger partial charge >= 0.3 is 12.1 Å². The van der Waals surface area contributed by atoms with Crippen LogP contribution in [0.2, 0.25) is 0 Å². The Kier molecular flexibility index (Phi) is 7.40. The Morgan fingerprint density at radius 2 is 1.69 bits per heavy atom. The first-order valence-electron chi connectivity index (χ1n) is 12.1. The zero-order chi connectivity index (χ0) is 25.1. The molecular weight excluding hydrogens is 448 g/mol. The van der Waals surface area contributed by atoms with Crippen molar-refractivity contribution in [1.82, 2.24) is 10.2 Å². The minimum absolute atomic E-state index is 0.0257. The van der Waals surface area contributed by atoms with Crippen molar-refractivity contribution in [2.24, 2.45) is 5.92 Å². The summed E-state index contributed by atoms with van der Waals surface area (Å²) in [5.74, 6) is -1.67. The molecule has 1 fully saturated rings. The fourth-order valence-corrected chi connectivity index (χ4v) is 5.06. The van der Waals surface area contributed by atoms with E-state index in [1.807, 2.05) is 50.2 Å². The first kappa shape index (κ1) is 24.7. The molecule has 0 saturated carbocycles. The average Bonchev–Trinajstić information content (AvgIpc) is 3.40. The van der Waals surface area contributed by atoms with Crippen molar-refractivity contribution in [1.29, 1.82) is 0 Å². The molecule has 1 saturated heterocycles. The molecule has 8 heteroatoms. The van der Waals surface area contributed by atoms with Gasteiger partial charge in [0.2, 0.25) is 5.91 Å². The summed E-state index contributed by atoms with van der Waals surface area (Å²) in [5, 5.41) is 22.1. The van der Waals surface area contributed by atoms with Crippen LogP contribution in [-0.2, 0) is 14.3 Å². The van der Waals surface area contributed by atoms with Crippen molar-refractivity contribution in [3.63, 3.8) is 0 Å². The maximum atomic E-state index is 13.3. The number of nitrogens with one attached hydrogen (secondary N) is 1. The Balaban J connectivity index is 1.46. The SMILES string of the molecule is CCC(C)CC(NC(=O)OCC1c2ccccc2-c2ccccc21)C(=O)N1CC(O)CC1C(=O)O. The van der Waals surface area contributed by atoms with E-state index in [1.54, 1.807) is 0 Å². The minimum atomic E-state index is -1.17. The lowest BCUT2D eigenvalue weighted by atomic mass is 9.98. The normalized spacial score (nSPS) is 20.6. The molecular formula is C27H32N2O6. The number of carboxylic acid groups (broad SMARTS) is 1. The van der Waals surface area contributed by atoms with Crippen molar-refractivity contribution < 1.29 is 29.3 Å². The largest absolute Gasteiger partial charge is 0.480 e. The standard InChI is InChI=1S/C27H32N2O6/c1-3-16(2)12-23(25(31)29-14-17(30)13-24(29)26(32)33)28-27(34)35-15-22-20-10-6-4-8-18(20)19-9-5-7-11-21(19)22/h4-11,16-17,22-24,30H,3,12-15H2,1-2H3,(H,28,34)(H,32,33). The quantitative estimate of drug-likeness (QED) is 0.534. The number of carbonyl (C=O) groups is 3. The molecule has 2 aromatic carbocycles. The molecule has 0 radical (unpaired) electrons. The van der Waals surface area contributed by atoms with Crippen molar-refractivity contribution in [3.8, 4) is 11.1 Å². The van der Waals surface area contributed by atoms with Gasteiger partial charge in [0.1, 0.15) is 18.7 Å². The van der Waals surface area contributed by atoms with E-state index in [0.29, 0.717) is 6.42 Å². The summed E-state index contributed by atoms with van der Waals surface area (Å²) in [6.07, 6.45) is -0.513. The summed E-state index contributed by atoms with van der Waals surface area (Å²) in [4.78, 5) is 38.9. The summed E-state index contributed by atoms with van der Waals surface area (Å²) in [6.45, 7) is 4.00. The third-order valence-electron chi connectivity index (χ3n) is 7.12. The van der Waals surface area contributed by atoms with Crippen LogP contribution in [0.25, 0.3) is 11.1 Å². The van der Waals surface area contributed by atoms with E-state index < -0.39 is 36.2 Å². The molecule has 2 aromatic rings. The number of fused-ring (bicyclic) bond motifs is 3. The third kappa shape index (κ3) is 5.17. The van der Waals surface area contributed by atoms with E-state index in [9.17, 15) is 24.6 Å². The van der Waals surface area contributed by atoms with Gasteiger partial charge in [0.05, 0.1) is 6.10 Å². The predicted octanol–water partition coefficient (Wildman–Crippen LogP) is 3.38. The first-order valence-corrected chi connectivity index (χ1v) is 12.1. The second kappa shape index (κ2) is 10.5. The molecule has 2 aliphatic rings. The number of aliphatic hydroxyl groups excluding tert-OH is 1. The van der Waals surface area contributed by atoms with Gasteiger partial charge in [-0.3, -0.25) is 4.79 Å². The van der Waals surface area contributed by atoms with Gasteiger partial charge in [-0.2, -0.15) is 0 Å². The maximum absolute atomic E-state index is 13.3. The van der Waals surface area contributed by atoms with Crippen LogP contribution in [0.1, 0.15) is 50.2 Å². The number of rotatable bonds is 8. The number of hydrogen-bond acceptors (Lipinski definition) is 5. The van der Waals surface area contributed by atoms with Crippen molar-refractivity contribution in [2.75, 3.05) is 13.2 Å². The molecule has 4 rings (SSSR count). The highest BCUT2D eigenvalue weighted by atomic mass is 16.5. The number of amides is 2. The van der Waals surface area contributed by atoms with Gasteiger partial charge in [-0.05, 0) is 34.6 Å². The number of nitrogens with zero attached hydrogens (tertiary/aromatic N) is 1. The van der Waals surface area contributed by atoms with Crippen LogP contribution in [0.15, 0.2) is 48.5 Å². The van der Waals surface area contributed by atoms with Gasteiger partial charge in [0.15, 0.2) is 0 Å². The number of likely N-dealkylation sites (tertiary alicyclic amines) is 1. The van der Waals surface area contributed by atoms with Crippen LogP contribution in [0, 0.1) is 5.92 Å². The molecule has 0 spiro atoms. The third-order valence-corrected chi connectivity index (χ3v) is 7.12. The molecule has 0 bridgehead atoms. The number of aliphatic hydroxyl groups is 1. The maximum Gasteiger partial charge on any atom is 0.407 e. The number of aliphatic carboxylic acids is 1. The predicted molar refractivity (Wildman–Crippen MR) is 130 cm³/mol. The highest BCUT2D eigenvalue weighted by Crippen LogP contribution is 2.44. The van der Waals surface area contributed by atoms with Crippen LogP contribution in [0.5, 0.6) is 0 Å². The zero-order valence-corrected chi connectivity index (χ0v) is 20.0. The lowest BCUT2D eigenvalue weighted by Gasteiger charge is -2.28. The fraction of sp³-hybridized carbons (Fsp3) is 0.444. The molecule has 2 amide bonds. The van der Waals surface area contributed by atoms with Gasteiger partial charge in [-0.25, -0.2) is 9.59 Å². The topological polar surface area (TPSA) is 116 Å². The second-order valence-electron chi connectivity index (χ2n) is 9.51. The van der Waals surface area contributed by atoms with Crippen LogP contribution in [0.3, 0.4) is 0 Å². The van der Waals surface area contributed by atoms with Crippen LogP contribution < -0.4 is 5.32 Å². The van der Waals surface area contributed by atoms with Crippen molar-refractivity contribution >= 4 is 18.0 Å². The smallest absolute Gasteiger partial charge is 0.407 e. The highest BCUT2D eigenvalue weighted by Gasteiger charge is 2.42. The molecule has 186 valence electrons. The van der Waals surface area contributed by atoms with E-state index in [1.165, 1.54) is 0 Å². The number of ether oxygens (including phenoxy) is 1. The number of alkyl carbamates (subject to hydrolysis) is 1. The highest BCUT2D eigenvalue weighted by molar-refractivity contribution is 5.90. The van der Waals surface area contributed by atoms with E-state index in [0.717, 1.165) is 33.6 Å². The Morgan fingerprint density at radius 3 is 2.26 bits per heavy atom. The summed E-state index contributed by atoms with van der Waals surface area (Å²) in [6, 6.07) is 14.0. The Morgan fingerprint density at radius 1 is 1.09 bits per heavy atom. The molecule has 4 atom stereocenters. The van der Waals surface area contributed by atoms with E-state index in [2.05, 4.69) is 17.4 Å². The van der Waals surface area contributed by atoms with Gasteiger partial charge < -0.3 is 25.2 Å².